The van der Waals surface area contributed by atoms with Crippen molar-refractivity contribution in [2.45, 2.75) is 6.92 Å². The molecule has 1 atom stereocenters. The molecular formula is C12H19N3O. The zero-order chi connectivity index (χ0) is 12.1. The summed E-state index contributed by atoms with van der Waals surface area (Å²) in [6.45, 7) is 2.38. The summed E-state index contributed by atoms with van der Waals surface area (Å²) in [5.41, 5.74) is 7.32. The van der Waals surface area contributed by atoms with Crippen molar-refractivity contribution >= 4 is 17.3 Å². The summed E-state index contributed by atoms with van der Waals surface area (Å²) in [6.07, 6.45) is 0. The van der Waals surface area contributed by atoms with Crippen LogP contribution in [0.3, 0.4) is 0 Å². The van der Waals surface area contributed by atoms with Crippen molar-refractivity contribution in [3.8, 4) is 0 Å². The van der Waals surface area contributed by atoms with Gasteiger partial charge in [-0.2, -0.15) is 0 Å². The molecule has 0 fully saturated rings. The minimum Gasteiger partial charge on any atom is -0.384 e. The topological polar surface area (TPSA) is 58.4 Å². The number of nitrogens with zero attached hydrogens (tertiary/aromatic N) is 1. The summed E-state index contributed by atoms with van der Waals surface area (Å²) >= 11 is 0. The lowest BCUT2D eigenvalue weighted by molar-refractivity contribution is -0.120. The number of nitrogens with two attached hydrogens (primary N) is 1. The van der Waals surface area contributed by atoms with Gasteiger partial charge < -0.3 is 16.0 Å². The zero-order valence-electron chi connectivity index (χ0n) is 10.0. The molecule has 1 aromatic rings. The van der Waals surface area contributed by atoms with Crippen molar-refractivity contribution in [1.29, 1.82) is 0 Å². The van der Waals surface area contributed by atoms with Crippen LogP contribution in [0, 0.1) is 5.92 Å². The molecule has 1 unspecified atom stereocenters. The van der Waals surface area contributed by atoms with Gasteiger partial charge >= 0.3 is 0 Å². The SMILES string of the molecule is CC(CNc1ccc(N(C)C)cc1)C(N)=O. The number of nitrogens with one attached hydrogen (secondary N) is 1. The van der Waals surface area contributed by atoms with Gasteiger partial charge in [-0.15, -0.1) is 0 Å². The average molecular weight is 221 g/mol. The number of rotatable bonds is 5. The van der Waals surface area contributed by atoms with Crippen molar-refractivity contribution in [2.75, 3.05) is 30.9 Å². The molecule has 16 heavy (non-hydrogen) atoms. The quantitative estimate of drug-likeness (QED) is 0.787. The number of primary amides is 1. The number of benzene rings is 1. The molecule has 0 saturated carbocycles. The van der Waals surface area contributed by atoms with Gasteiger partial charge in [0, 0.05) is 32.0 Å². The first kappa shape index (κ1) is 12.4. The molecule has 0 bridgehead atoms. The lowest BCUT2D eigenvalue weighted by atomic mass is 10.1. The van der Waals surface area contributed by atoms with Gasteiger partial charge in [0.2, 0.25) is 5.91 Å². The third-order valence-corrected chi connectivity index (χ3v) is 2.48. The highest BCUT2D eigenvalue weighted by molar-refractivity contribution is 5.76. The molecular weight excluding hydrogens is 202 g/mol. The van der Waals surface area contributed by atoms with Crippen molar-refractivity contribution in [2.24, 2.45) is 11.7 Å². The number of hydrogen-bond donors (Lipinski definition) is 2. The average Bonchev–Trinajstić information content (AvgIpc) is 2.26. The first-order valence-corrected chi connectivity index (χ1v) is 5.31. The van der Waals surface area contributed by atoms with Crippen LogP contribution < -0.4 is 16.0 Å². The van der Waals surface area contributed by atoms with Crippen molar-refractivity contribution in [3.63, 3.8) is 0 Å². The highest BCUT2D eigenvalue weighted by Gasteiger charge is 2.07. The maximum absolute atomic E-state index is 10.8. The van der Waals surface area contributed by atoms with E-state index in [1.165, 1.54) is 0 Å². The molecule has 3 N–H and O–H groups in total. The van der Waals surface area contributed by atoms with E-state index in [1.54, 1.807) is 0 Å². The highest BCUT2D eigenvalue weighted by atomic mass is 16.1. The summed E-state index contributed by atoms with van der Waals surface area (Å²) < 4.78 is 0. The molecule has 0 radical (unpaired) electrons. The van der Waals surface area contributed by atoms with E-state index in [2.05, 4.69) is 5.32 Å². The van der Waals surface area contributed by atoms with Gasteiger partial charge in [0.15, 0.2) is 0 Å². The second-order valence-electron chi connectivity index (χ2n) is 4.13. The van der Waals surface area contributed by atoms with Crippen LogP contribution in [-0.4, -0.2) is 26.5 Å². The second-order valence-corrected chi connectivity index (χ2v) is 4.13. The number of amides is 1. The van der Waals surface area contributed by atoms with E-state index in [9.17, 15) is 4.79 Å². The Morgan fingerprint density at radius 2 is 1.94 bits per heavy atom. The van der Waals surface area contributed by atoms with E-state index in [0.717, 1.165) is 11.4 Å². The monoisotopic (exact) mass is 221 g/mol. The number of anilines is 2. The molecule has 0 aromatic heterocycles. The Morgan fingerprint density at radius 3 is 2.38 bits per heavy atom. The van der Waals surface area contributed by atoms with E-state index in [4.69, 9.17) is 5.73 Å². The molecule has 0 heterocycles. The van der Waals surface area contributed by atoms with Gasteiger partial charge in [0.1, 0.15) is 0 Å². The summed E-state index contributed by atoms with van der Waals surface area (Å²) in [7, 11) is 4.00. The largest absolute Gasteiger partial charge is 0.384 e. The van der Waals surface area contributed by atoms with Gasteiger partial charge in [-0.25, -0.2) is 0 Å². The summed E-state index contributed by atoms with van der Waals surface area (Å²) in [5, 5.41) is 3.17. The predicted molar refractivity (Wildman–Crippen MR) is 67.6 cm³/mol. The van der Waals surface area contributed by atoms with E-state index < -0.39 is 0 Å². The predicted octanol–water partition coefficient (Wildman–Crippen LogP) is 1.29. The summed E-state index contributed by atoms with van der Waals surface area (Å²) in [5.74, 6) is -0.439. The van der Waals surface area contributed by atoms with E-state index >= 15 is 0 Å². The lowest BCUT2D eigenvalue weighted by Gasteiger charge is -2.14. The van der Waals surface area contributed by atoms with E-state index in [0.29, 0.717) is 6.54 Å². The van der Waals surface area contributed by atoms with Crippen LogP contribution in [0.15, 0.2) is 24.3 Å². The fourth-order valence-corrected chi connectivity index (χ4v) is 1.25. The molecule has 1 rings (SSSR count). The van der Waals surface area contributed by atoms with Gasteiger partial charge in [0.25, 0.3) is 0 Å². The van der Waals surface area contributed by atoms with E-state index in [-0.39, 0.29) is 11.8 Å². The number of carbonyl (C=O) groups excluding carboxylic acids is 1. The molecule has 1 aromatic carbocycles. The van der Waals surface area contributed by atoms with Crippen molar-refractivity contribution in [3.05, 3.63) is 24.3 Å². The molecule has 0 saturated heterocycles. The minimum absolute atomic E-state index is 0.159. The molecule has 88 valence electrons. The Kier molecular flexibility index (Phi) is 4.17. The fourth-order valence-electron chi connectivity index (χ4n) is 1.25. The molecule has 4 nitrogen and oxygen atoms in total. The summed E-state index contributed by atoms with van der Waals surface area (Å²) in [4.78, 5) is 12.9. The van der Waals surface area contributed by atoms with Crippen molar-refractivity contribution in [1.82, 2.24) is 0 Å². The summed E-state index contributed by atoms with van der Waals surface area (Å²) in [6, 6.07) is 8.03. The zero-order valence-corrected chi connectivity index (χ0v) is 10.0. The normalized spacial score (nSPS) is 11.9. The van der Waals surface area contributed by atoms with Crippen LogP contribution in [0.5, 0.6) is 0 Å². The van der Waals surface area contributed by atoms with Crippen molar-refractivity contribution < 1.29 is 4.79 Å². The third kappa shape index (κ3) is 3.46. The Bertz CT molecular complexity index is 346. The number of hydrogen-bond acceptors (Lipinski definition) is 3. The molecule has 0 aliphatic carbocycles. The fraction of sp³-hybridized carbons (Fsp3) is 0.417. The molecule has 0 spiro atoms. The first-order chi connectivity index (χ1) is 7.50. The van der Waals surface area contributed by atoms with Gasteiger partial charge in [-0.1, -0.05) is 6.92 Å². The Morgan fingerprint density at radius 1 is 1.38 bits per heavy atom. The number of carbonyl (C=O) groups is 1. The Labute approximate surface area is 96.4 Å². The van der Waals surface area contributed by atoms with Gasteiger partial charge in [0.05, 0.1) is 5.92 Å². The minimum atomic E-state index is -0.280. The molecule has 4 heteroatoms. The molecule has 0 aliphatic heterocycles. The van der Waals surface area contributed by atoms with E-state index in [1.807, 2.05) is 50.2 Å². The van der Waals surface area contributed by atoms with Crippen LogP contribution in [0.4, 0.5) is 11.4 Å². The standard InChI is InChI=1S/C12H19N3O/c1-9(12(13)16)8-14-10-4-6-11(7-5-10)15(2)3/h4-7,9,14H,8H2,1-3H3,(H2,13,16). The van der Waals surface area contributed by atoms with Gasteiger partial charge in [-0.05, 0) is 24.3 Å². The van der Waals surface area contributed by atoms with Crippen LogP contribution in [0.25, 0.3) is 0 Å². The molecule has 1 amide bonds. The first-order valence-electron chi connectivity index (χ1n) is 5.31. The maximum atomic E-state index is 10.8. The van der Waals surface area contributed by atoms with Crippen LogP contribution in [0.1, 0.15) is 6.92 Å². The van der Waals surface area contributed by atoms with Crippen LogP contribution in [-0.2, 0) is 4.79 Å². The molecule has 0 aliphatic rings. The highest BCUT2D eigenvalue weighted by Crippen LogP contribution is 2.15. The maximum Gasteiger partial charge on any atom is 0.222 e. The lowest BCUT2D eigenvalue weighted by Crippen LogP contribution is -2.26. The van der Waals surface area contributed by atoms with Crippen LogP contribution in [0.2, 0.25) is 0 Å². The smallest absolute Gasteiger partial charge is 0.222 e. The van der Waals surface area contributed by atoms with Gasteiger partial charge in [-0.3, -0.25) is 4.79 Å². The third-order valence-electron chi connectivity index (χ3n) is 2.48. The Hall–Kier alpha value is -1.71. The second kappa shape index (κ2) is 5.39. The van der Waals surface area contributed by atoms with Crippen LogP contribution >= 0.6 is 0 Å². The Balaban J connectivity index is 2.52.